The second-order valence-corrected chi connectivity index (χ2v) is 6.98. The second-order valence-electron chi connectivity index (χ2n) is 6.98. The molecule has 2 N–H and O–H groups in total. The summed E-state index contributed by atoms with van der Waals surface area (Å²) in [5.74, 6) is 2.02. The van der Waals surface area contributed by atoms with Gasteiger partial charge in [-0.1, -0.05) is 6.92 Å². The molecular weight excluding hydrogens is 170 g/mol. The first-order valence-electron chi connectivity index (χ1n) is 6.18. The van der Waals surface area contributed by atoms with E-state index in [0.717, 1.165) is 11.8 Å². The van der Waals surface area contributed by atoms with Crippen molar-refractivity contribution < 1.29 is 0 Å². The monoisotopic (exact) mass is 193 g/mol. The topological polar surface area (TPSA) is 26.0 Å². The maximum absolute atomic E-state index is 6.44. The molecule has 80 valence electrons. The SMILES string of the molecule is CC12CCC(C(C)(C)N)(CC1)C1CC12. The Bertz CT molecular complexity index is 265. The van der Waals surface area contributed by atoms with Crippen LogP contribution in [0.5, 0.6) is 0 Å². The molecule has 1 nitrogen and oxygen atoms in total. The highest BCUT2D eigenvalue weighted by Crippen LogP contribution is 2.75. The first-order valence-corrected chi connectivity index (χ1v) is 6.18. The Labute approximate surface area is 87.4 Å². The standard InChI is InChI=1S/C13H23N/c1-11(2,14)13-6-4-12(3,5-7-13)9-8-10(9)13/h9-10H,4-8,14H2,1-3H3. The highest BCUT2D eigenvalue weighted by Gasteiger charge is 2.69. The lowest BCUT2D eigenvalue weighted by atomic mass is 9.49. The predicted molar refractivity (Wildman–Crippen MR) is 58.9 cm³/mol. The van der Waals surface area contributed by atoms with Crippen LogP contribution >= 0.6 is 0 Å². The average molecular weight is 193 g/mol. The molecule has 4 saturated carbocycles. The van der Waals surface area contributed by atoms with Crippen molar-refractivity contribution in [3.63, 3.8) is 0 Å². The summed E-state index contributed by atoms with van der Waals surface area (Å²) in [5, 5.41) is 0. The molecule has 4 aliphatic carbocycles. The molecular formula is C13H23N. The zero-order valence-electron chi connectivity index (χ0n) is 9.77. The number of hydrogen-bond acceptors (Lipinski definition) is 1. The molecule has 1 heteroatoms. The van der Waals surface area contributed by atoms with Crippen LogP contribution in [0.25, 0.3) is 0 Å². The molecule has 2 atom stereocenters. The molecule has 0 aromatic heterocycles. The minimum atomic E-state index is 0.0498. The fourth-order valence-corrected chi connectivity index (χ4v) is 4.71. The molecule has 0 aromatic carbocycles. The summed E-state index contributed by atoms with van der Waals surface area (Å²) in [4.78, 5) is 0. The minimum Gasteiger partial charge on any atom is -0.325 e. The van der Waals surface area contributed by atoms with Crippen molar-refractivity contribution in [3.8, 4) is 0 Å². The first-order chi connectivity index (χ1) is 6.39. The van der Waals surface area contributed by atoms with E-state index in [1.165, 1.54) is 32.1 Å². The van der Waals surface area contributed by atoms with Crippen LogP contribution < -0.4 is 5.73 Å². The maximum atomic E-state index is 6.44. The van der Waals surface area contributed by atoms with E-state index in [-0.39, 0.29) is 5.54 Å². The van der Waals surface area contributed by atoms with Gasteiger partial charge < -0.3 is 5.73 Å². The Morgan fingerprint density at radius 2 is 1.64 bits per heavy atom. The van der Waals surface area contributed by atoms with Gasteiger partial charge in [0.2, 0.25) is 0 Å². The number of rotatable bonds is 1. The van der Waals surface area contributed by atoms with E-state index in [2.05, 4.69) is 20.8 Å². The molecule has 0 amide bonds. The van der Waals surface area contributed by atoms with Crippen LogP contribution in [0.3, 0.4) is 0 Å². The minimum absolute atomic E-state index is 0.0498. The Morgan fingerprint density at radius 3 is 2.14 bits per heavy atom. The molecule has 0 heterocycles. The highest BCUT2D eigenvalue weighted by atomic mass is 14.8. The Balaban J connectivity index is 1.99. The van der Waals surface area contributed by atoms with Crippen molar-refractivity contribution in [1.82, 2.24) is 0 Å². The molecule has 4 aliphatic rings. The van der Waals surface area contributed by atoms with Crippen molar-refractivity contribution in [2.45, 2.75) is 58.4 Å². The lowest BCUT2D eigenvalue weighted by Crippen LogP contribution is -2.58. The summed E-state index contributed by atoms with van der Waals surface area (Å²) >= 11 is 0. The summed E-state index contributed by atoms with van der Waals surface area (Å²) in [6.07, 6.45) is 7.16. The second kappa shape index (κ2) is 2.21. The van der Waals surface area contributed by atoms with Crippen molar-refractivity contribution in [1.29, 1.82) is 0 Å². The zero-order valence-corrected chi connectivity index (χ0v) is 9.77. The molecule has 0 aliphatic heterocycles. The molecule has 2 unspecified atom stereocenters. The van der Waals surface area contributed by atoms with E-state index in [0.29, 0.717) is 10.8 Å². The number of nitrogens with two attached hydrogens (primary N) is 1. The van der Waals surface area contributed by atoms with Crippen molar-refractivity contribution in [2.75, 3.05) is 0 Å². The summed E-state index contributed by atoms with van der Waals surface area (Å²) in [6, 6.07) is 0. The summed E-state index contributed by atoms with van der Waals surface area (Å²) in [5.41, 5.74) is 7.71. The Hall–Kier alpha value is -0.0400. The molecule has 4 rings (SSSR count). The normalized spacial score (nSPS) is 55.7. The Kier molecular flexibility index (Phi) is 1.45. The fourth-order valence-electron chi connectivity index (χ4n) is 4.71. The van der Waals surface area contributed by atoms with Gasteiger partial charge in [0.05, 0.1) is 0 Å². The summed E-state index contributed by atoms with van der Waals surface area (Å²) in [6.45, 7) is 7.04. The molecule has 2 bridgehead atoms. The van der Waals surface area contributed by atoms with Crippen LogP contribution in [0.15, 0.2) is 0 Å². The average Bonchev–Trinajstić information content (AvgIpc) is 2.83. The first kappa shape index (κ1) is 9.21. The van der Waals surface area contributed by atoms with Gasteiger partial charge in [0.1, 0.15) is 0 Å². The summed E-state index contributed by atoms with van der Waals surface area (Å²) < 4.78 is 0. The van der Waals surface area contributed by atoms with Crippen LogP contribution in [0.4, 0.5) is 0 Å². The van der Waals surface area contributed by atoms with E-state index >= 15 is 0 Å². The van der Waals surface area contributed by atoms with Crippen LogP contribution in [0.1, 0.15) is 52.9 Å². The molecule has 4 fully saturated rings. The van der Waals surface area contributed by atoms with E-state index in [9.17, 15) is 0 Å². The fraction of sp³-hybridized carbons (Fsp3) is 1.00. The van der Waals surface area contributed by atoms with Gasteiger partial charge in [-0.15, -0.1) is 0 Å². The van der Waals surface area contributed by atoms with Crippen LogP contribution in [0.2, 0.25) is 0 Å². The third-order valence-corrected chi connectivity index (χ3v) is 5.96. The molecule has 0 saturated heterocycles. The number of hydrogen-bond donors (Lipinski definition) is 1. The van der Waals surface area contributed by atoms with Gasteiger partial charge in [0.15, 0.2) is 0 Å². The Morgan fingerprint density at radius 1 is 1.07 bits per heavy atom. The van der Waals surface area contributed by atoms with Gasteiger partial charge in [0, 0.05) is 5.54 Å². The van der Waals surface area contributed by atoms with Crippen molar-refractivity contribution >= 4 is 0 Å². The third kappa shape index (κ3) is 0.856. The molecule has 0 spiro atoms. The van der Waals surface area contributed by atoms with Gasteiger partial charge in [-0.05, 0) is 68.6 Å². The van der Waals surface area contributed by atoms with Crippen LogP contribution in [-0.4, -0.2) is 5.54 Å². The van der Waals surface area contributed by atoms with Gasteiger partial charge in [0.25, 0.3) is 0 Å². The predicted octanol–water partition coefficient (Wildman–Crippen LogP) is 2.94. The lowest BCUT2D eigenvalue weighted by molar-refractivity contribution is -0.0518. The highest BCUT2D eigenvalue weighted by molar-refractivity contribution is 5.20. The van der Waals surface area contributed by atoms with E-state index < -0.39 is 0 Å². The third-order valence-electron chi connectivity index (χ3n) is 5.96. The van der Waals surface area contributed by atoms with E-state index in [1.807, 2.05) is 0 Å². The number of fused-ring (bicyclic) bond motifs is 2. The quantitative estimate of drug-likeness (QED) is 0.681. The lowest BCUT2D eigenvalue weighted by Gasteiger charge is -2.57. The molecule has 14 heavy (non-hydrogen) atoms. The molecule has 0 aromatic rings. The van der Waals surface area contributed by atoms with Gasteiger partial charge in [-0.3, -0.25) is 0 Å². The van der Waals surface area contributed by atoms with Gasteiger partial charge >= 0.3 is 0 Å². The van der Waals surface area contributed by atoms with Crippen LogP contribution in [0, 0.1) is 22.7 Å². The van der Waals surface area contributed by atoms with E-state index in [1.54, 1.807) is 0 Å². The van der Waals surface area contributed by atoms with E-state index in [4.69, 9.17) is 5.73 Å². The van der Waals surface area contributed by atoms with Crippen LogP contribution in [-0.2, 0) is 0 Å². The molecule has 0 radical (unpaired) electrons. The zero-order chi connectivity index (χ0) is 10.2. The van der Waals surface area contributed by atoms with Crippen molar-refractivity contribution in [3.05, 3.63) is 0 Å². The smallest absolute Gasteiger partial charge is 0.0156 e. The largest absolute Gasteiger partial charge is 0.325 e. The van der Waals surface area contributed by atoms with Crippen molar-refractivity contribution in [2.24, 2.45) is 28.4 Å². The maximum Gasteiger partial charge on any atom is 0.0156 e. The summed E-state index contributed by atoms with van der Waals surface area (Å²) in [7, 11) is 0. The van der Waals surface area contributed by atoms with Gasteiger partial charge in [-0.25, -0.2) is 0 Å². The van der Waals surface area contributed by atoms with Gasteiger partial charge in [-0.2, -0.15) is 0 Å².